The molecule has 0 unspecified atom stereocenters. The highest BCUT2D eigenvalue weighted by Crippen LogP contribution is 1.99. The van der Waals surface area contributed by atoms with Crippen molar-refractivity contribution < 1.29 is 14.9 Å². The summed E-state index contributed by atoms with van der Waals surface area (Å²) in [5.41, 5.74) is 1.17. The second-order valence-electron chi connectivity index (χ2n) is 2.41. The minimum Gasteiger partial charge on any atom is -0.497 e. The Hall–Kier alpha value is -1.32. The Morgan fingerprint density at radius 1 is 1.14 bits per heavy atom. The lowest BCUT2D eigenvalue weighted by molar-refractivity contribution is 0.186. The maximum atomic E-state index is 7.62. The summed E-state index contributed by atoms with van der Waals surface area (Å²) >= 11 is 0. The van der Waals surface area contributed by atoms with E-state index in [9.17, 15) is 0 Å². The molecule has 0 heterocycles. The Balaban J connectivity index is 0.000000364. The maximum absolute atomic E-state index is 7.62. The molecule has 2 N–H and O–H groups in total. The first-order chi connectivity index (χ1) is 6.85. The minimum absolute atomic E-state index is 0.125. The van der Waals surface area contributed by atoms with Crippen molar-refractivity contribution in [2.24, 2.45) is 0 Å². The SMILES string of the molecule is C=COCc1ccccc1.OCCO. The lowest BCUT2D eigenvalue weighted by Gasteiger charge is -1.98. The van der Waals surface area contributed by atoms with Crippen molar-refractivity contribution in [2.75, 3.05) is 13.2 Å². The molecule has 3 nitrogen and oxygen atoms in total. The Labute approximate surface area is 84.3 Å². The molecule has 1 rings (SSSR count). The molecule has 0 aliphatic heterocycles. The molecule has 1 aromatic rings. The number of hydrogen-bond donors (Lipinski definition) is 2. The highest BCUT2D eigenvalue weighted by molar-refractivity contribution is 5.13. The highest BCUT2D eigenvalue weighted by Gasteiger charge is 1.85. The lowest BCUT2D eigenvalue weighted by atomic mass is 10.2. The molecule has 0 aromatic heterocycles. The molecule has 3 heteroatoms. The second-order valence-corrected chi connectivity index (χ2v) is 2.41. The predicted molar refractivity (Wildman–Crippen MR) is 55.6 cm³/mol. The molecule has 0 radical (unpaired) electrons. The third-order valence-corrected chi connectivity index (χ3v) is 1.31. The van der Waals surface area contributed by atoms with E-state index in [2.05, 4.69) is 6.58 Å². The van der Waals surface area contributed by atoms with Gasteiger partial charge in [0.15, 0.2) is 0 Å². The molecule has 0 bridgehead atoms. The van der Waals surface area contributed by atoms with E-state index in [4.69, 9.17) is 14.9 Å². The van der Waals surface area contributed by atoms with Crippen LogP contribution < -0.4 is 0 Å². The number of aliphatic hydroxyl groups excluding tert-OH is 2. The molecule has 0 atom stereocenters. The van der Waals surface area contributed by atoms with E-state index in [-0.39, 0.29) is 13.2 Å². The quantitative estimate of drug-likeness (QED) is 0.714. The fraction of sp³-hybridized carbons (Fsp3) is 0.273. The molecule has 78 valence electrons. The fourth-order valence-corrected chi connectivity index (χ4v) is 0.729. The van der Waals surface area contributed by atoms with Gasteiger partial charge < -0.3 is 14.9 Å². The van der Waals surface area contributed by atoms with Crippen LogP contribution in [0.4, 0.5) is 0 Å². The van der Waals surface area contributed by atoms with Crippen molar-refractivity contribution in [1.29, 1.82) is 0 Å². The maximum Gasteiger partial charge on any atom is 0.112 e. The molecule has 0 saturated heterocycles. The van der Waals surface area contributed by atoms with Crippen LogP contribution in [-0.2, 0) is 11.3 Å². The summed E-state index contributed by atoms with van der Waals surface area (Å²) in [5.74, 6) is 0. The van der Waals surface area contributed by atoms with Crippen LogP contribution in [0.3, 0.4) is 0 Å². The topological polar surface area (TPSA) is 49.7 Å². The van der Waals surface area contributed by atoms with Crippen LogP contribution in [0.25, 0.3) is 0 Å². The van der Waals surface area contributed by atoms with Crippen molar-refractivity contribution in [3.05, 3.63) is 48.7 Å². The van der Waals surface area contributed by atoms with Gasteiger partial charge in [0.2, 0.25) is 0 Å². The Morgan fingerprint density at radius 2 is 1.71 bits per heavy atom. The van der Waals surface area contributed by atoms with Crippen LogP contribution in [0.15, 0.2) is 43.2 Å². The van der Waals surface area contributed by atoms with E-state index in [0.717, 1.165) is 0 Å². The molecule has 0 aliphatic carbocycles. The van der Waals surface area contributed by atoms with Crippen LogP contribution in [0, 0.1) is 0 Å². The molecule has 14 heavy (non-hydrogen) atoms. The predicted octanol–water partition coefficient (Wildman–Crippen LogP) is 1.32. The van der Waals surface area contributed by atoms with Gasteiger partial charge in [-0.25, -0.2) is 0 Å². The van der Waals surface area contributed by atoms with E-state index < -0.39 is 0 Å². The molecule has 1 aromatic carbocycles. The summed E-state index contributed by atoms with van der Waals surface area (Å²) in [4.78, 5) is 0. The van der Waals surface area contributed by atoms with Crippen LogP contribution in [0.5, 0.6) is 0 Å². The van der Waals surface area contributed by atoms with Crippen molar-refractivity contribution >= 4 is 0 Å². The zero-order chi connectivity index (χ0) is 10.6. The lowest BCUT2D eigenvalue weighted by Crippen LogP contribution is -1.85. The Morgan fingerprint density at radius 3 is 2.14 bits per heavy atom. The smallest absolute Gasteiger partial charge is 0.112 e. The number of hydrogen-bond acceptors (Lipinski definition) is 3. The molecule has 0 fully saturated rings. The summed E-state index contributed by atoms with van der Waals surface area (Å²) in [7, 11) is 0. The summed E-state index contributed by atoms with van der Waals surface area (Å²) < 4.78 is 4.98. The van der Waals surface area contributed by atoms with Crippen LogP contribution in [-0.4, -0.2) is 23.4 Å². The molecule has 0 amide bonds. The third-order valence-electron chi connectivity index (χ3n) is 1.31. The first kappa shape index (κ1) is 12.7. The van der Waals surface area contributed by atoms with Crippen LogP contribution in [0.2, 0.25) is 0 Å². The fourth-order valence-electron chi connectivity index (χ4n) is 0.729. The van der Waals surface area contributed by atoms with Gasteiger partial charge in [-0.1, -0.05) is 36.9 Å². The van der Waals surface area contributed by atoms with Gasteiger partial charge in [0.1, 0.15) is 6.61 Å². The van der Waals surface area contributed by atoms with Gasteiger partial charge in [-0.3, -0.25) is 0 Å². The van der Waals surface area contributed by atoms with Crippen molar-refractivity contribution in [3.8, 4) is 0 Å². The number of rotatable bonds is 4. The van der Waals surface area contributed by atoms with Gasteiger partial charge in [-0.15, -0.1) is 0 Å². The number of benzene rings is 1. The van der Waals surface area contributed by atoms with Crippen molar-refractivity contribution in [1.82, 2.24) is 0 Å². The molecule has 0 saturated carbocycles. The van der Waals surface area contributed by atoms with Crippen molar-refractivity contribution in [2.45, 2.75) is 6.61 Å². The highest BCUT2D eigenvalue weighted by atomic mass is 16.5. The summed E-state index contributed by atoms with van der Waals surface area (Å²) in [6.45, 7) is 3.82. The van der Waals surface area contributed by atoms with Gasteiger partial charge in [-0.2, -0.15) is 0 Å². The van der Waals surface area contributed by atoms with E-state index in [1.165, 1.54) is 11.8 Å². The zero-order valence-corrected chi connectivity index (χ0v) is 8.10. The Kier molecular flexibility index (Phi) is 8.84. The standard InChI is InChI=1S/C9H10O.C2H6O2/c1-2-10-8-9-6-4-3-5-7-9;3-1-2-4/h2-7H,1,8H2;3-4H,1-2H2. The summed E-state index contributed by atoms with van der Waals surface area (Å²) in [6, 6.07) is 9.99. The van der Waals surface area contributed by atoms with Crippen LogP contribution >= 0.6 is 0 Å². The van der Waals surface area contributed by atoms with E-state index in [1.54, 1.807) is 0 Å². The van der Waals surface area contributed by atoms with E-state index in [0.29, 0.717) is 6.61 Å². The monoisotopic (exact) mass is 196 g/mol. The zero-order valence-electron chi connectivity index (χ0n) is 8.10. The van der Waals surface area contributed by atoms with Crippen molar-refractivity contribution in [3.63, 3.8) is 0 Å². The van der Waals surface area contributed by atoms with Crippen LogP contribution in [0.1, 0.15) is 5.56 Å². The van der Waals surface area contributed by atoms with Gasteiger partial charge in [-0.05, 0) is 5.56 Å². The molecular formula is C11H16O3. The van der Waals surface area contributed by atoms with E-state index in [1.807, 2.05) is 30.3 Å². The normalized spacial score (nSPS) is 8.43. The third kappa shape index (κ3) is 7.34. The first-order valence-corrected chi connectivity index (χ1v) is 4.33. The van der Waals surface area contributed by atoms with Gasteiger partial charge >= 0.3 is 0 Å². The average molecular weight is 196 g/mol. The van der Waals surface area contributed by atoms with Gasteiger partial charge in [0, 0.05) is 0 Å². The molecule has 0 aliphatic rings. The van der Waals surface area contributed by atoms with Gasteiger partial charge in [0.05, 0.1) is 19.5 Å². The molecule has 0 spiro atoms. The summed E-state index contributed by atoms with van der Waals surface area (Å²) in [5, 5.41) is 15.2. The first-order valence-electron chi connectivity index (χ1n) is 4.33. The minimum atomic E-state index is -0.125. The van der Waals surface area contributed by atoms with Gasteiger partial charge in [0.25, 0.3) is 0 Å². The second kappa shape index (κ2) is 9.77. The Bertz CT molecular complexity index is 219. The van der Waals surface area contributed by atoms with E-state index >= 15 is 0 Å². The summed E-state index contributed by atoms with van der Waals surface area (Å²) in [6.07, 6.45) is 1.45. The average Bonchev–Trinajstić information content (AvgIpc) is 2.28. The largest absolute Gasteiger partial charge is 0.497 e. The number of ether oxygens (including phenoxy) is 1. The molecular weight excluding hydrogens is 180 g/mol. The number of aliphatic hydroxyl groups is 2.